The van der Waals surface area contributed by atoms with Crippen LogP contribution >= 0.6 is 0 Å². The van der Waals surface area contributed by atoms with E-state index in [2.05, 4.69) is 4.98 Å². The van der Waals surface area contributed by atoms with Crippen molar-refractivity contribution < 1.29 is 26.4 Å². The molecule has 2 aromatic rings. The summed E-state index contributed by atoms with van der Waals surface area (Å²) in [5, 5.41) is 0. The van der Waals surface area contributed by atoms with Crippen LogP contribution in [0.3, 0.4) is 0 Å². The molecule has 0 fully saturated rings. The van der Waals surface area contributed by atoms with E-state index in [1.807, 2.05) is 0 Å². The fourth-order valence-corrected chi connectivity index (χ4v) is 3.37. The Labute approximate surface area is 136 Å². The predicted molar refractivity (Wildman–Crippen MR) is 82.1 cm³/mol. The molecule has 0 bridgehead atoms. The summed E-state index contributed by atoms with van der Waals surface area (Å²) >= 11 is 0. The Bertz CT molecular complexity index is 791. The fraction of sp³-hybridized carbons (Fsp3) is 0.200. The summed E-state index contributed by atoms with van der Waals surface area (Å²) in [5.41, 5.74) is 0.754. The molecular weight excluding hydrogens is 345 g/mol. The third-order valence-corrected chi connectivity index (χ3v) is 4.75. The predicted octanol–water partition coefficient (Wildman–Crippen LogP) is 2.79. The van der Waals surface area contributed by atoms with Gasteiger partial charge in [0, 0.05) is 18.0 Å². The van der Waals surface area contributed by atoms with Gasteiger partial charge in [-0.1, -0.05) is 6.07 Å². The van der Waals surface area contributed by atoms with E-state index in [4.69, 9.17) is 0 Å². The number of pyridine rings is 1. The average molecular weight is 358 g/mol. The summed E-state index contributed by atoms with van der Waals surface area (Å²) in [4.78, 5) is 14.5. The van der Waals surface area contributed by atoms with Crippen LogP contribution in [0.4, 0.5) is 18.9 Å². The van der Waals surface area contributed by atoms with Crippen LogP contribution in [-0.2, 0) is 16.6 Å². The molecule has 0 atom stereocenters. The Morgan fingerprint density at radius 2 is 1.79 bits per heavy atom. The lowest BCUT2D eigenvalue weighted by atomic mass is 10.2. The Morgan fingerprint density at radius 1 is 1.12 bits per heavy atom. The van der Waals surface area contributed by atoms with Crippen molar-refractivity contribution in [2.75, 3.05) is 10.1 Å². The minimum atomic E-state index is -4.87. The third-order valence-electron chi connectivity index (χ3n) is 3.05. The molecule has 0 saturated heterocycles. The number of carbonyl (C=O) groups excluding carboxylic acids is 1. The number of halogens is 3. The van der Waals surface area contributed by atoms with Crippen molar-refractivity contribution in [1.29, 1.82) is 0 Å². The van der Waals surface area contributed by atoms with Gasteiger partial charge in [-0.05, 0) is 35.9 Å². The Hall–Kier alpha value is -2.42. The van der Waals surface area contributed by atoms with Crippen LogP contribution < -0.4 is 4.31 Å². The quantitative estimate of drug-likeness (QED) is 0.745. The zero-order chi connectivity index (χ0) is 17.8. The molecule has 0 aliphatic carbocycles. The number of nitrogens with zero attached hydrogens (tertiary/aromatic N) is 2. The van der Waals surface area contributed by atoms with Gasteiger partial charge < -0.3 is 0 Å². The van der Waals surface area contributed by atoms with Gasteiger partial charge >= 0.3 is 6.18 Å². The van der Waals surface area contributed by atoms with E-state index in [9.17, 15) is 26.4 Å². The molecule has 0 unspecified atom stereocenters. The van der Waals surface area contributed by atoms with Crippen molar-refractivity contribution in [3.05, 3.63) is 59.9 Å². The van der Waals surface area contributed by atoms with Crippen LogP contribution in [0.25, 0.3) is 0 Å². The molecule has 0 aliphatic rings. The van der Waals surface area contributed by atoms with Crippen LogP contribution in [0.2, 0.25) is 0 Å². The molecule has 5 nitrogen and oxygen atoms in total. The summed E-state index contributed by atoms with van der Waals surface area (Å²) in [6, 6.07) is 8.35. The number of hydrogen-bond donors (Lipinski definition) is 0. The highest BCUT2D eigenvalue weighted by Gasteiger charge is 2.38. The van der Waals surface area contributed by atoms with Crippen molar-refractivity contribution >= 4 is 22.0 Å². The standard InChI is InChI=1S/C15H13F3N2O3S/c16-15(17,18)11-24(22,23)20(9-13-2-1-7-19-8-13)14-5-3-12(10-21)4-6-14/h1-8,10H,9,11H2. The SMILES string of the molecule is O=Cc1ccc(N(Cc2cccnc2)S(=O)(=O)CC(F)(F)F)cc1. The summed E-state index contributed by atoms with van der Waals surface area (Å²) in [6.07, 6.45) is -1.47. The maximum Gasteiger partial charge on any atom is 0.404 e. The van der Waals surface area contributed by atoms with Crippen LogP contribution in [0.15, 0.2) is 48.8 Å². The van der Waals surface area contributed by atoms with Gasteiger partial charge in [-0.15, -0.1) is 0 Å². The Morgan fingerprint density at radius 3 is 2.29 bits per heavy atom. The number of anilines is 1. The minimum Gasteiger partial charge on any atom is -0.298 e. The van der Waals surface area contributed by atoms with Crippen molar-refractivity contribution in [2.45, 2.75) is 12.7 Å². The number of hydrogen-bond acceptors (Lipinski definition) is 4. The molecule has 2 rings (SSSR count). The van der Waals surface area contributed by atoms with E-state index in [0.717, 1.165) is 0 Å². The molecule has 0 aliphatic heterocycles. The second-order valence-corrected chi connectivity index (χ2v) is 6.84. The van der Waals surface area contributed by atoms with E-state index < -0.39 is 22.0 Å². The molecule has 0 amide bonds. The number of rotatable bonds is 6. The Kier molecular flexibility index (Phi) is 5.23. The van der Waals surface area contributed by atoms with Crippen LogP contribution in [0, 0.1) is 0 Å². The van der Waals surface area contributed by atoms with E-state index in [0.29, 0.717) is 16.2 Å². The van der Waals surface area contributed by atoms with E-state index in [1.54, 1.807) is 12.1 Å². The summed E-state index contributed by atoms with van der Waals surface area (Å²) in [5.74, 6) is -1.98. The van der Waals surface area contributed by atoms with Crippen LogP contribution in [0.1, 0.15) is 15.9 Å². The molecule has 0 saturated carbocycles. The molecule has 0 spiro atoms. The van der Waals surface area contributed by atoms with Crippen LogP contribution in [0.5, 0.6) is 0 Å². The molecule has 9 heteroatoms. The normalized spacial score (nSPS) is 12.0. The number of alkyl halides is 3. The molecule has 1 heterocycles. The number of aromatic nitrogens is 1. The van der Waals surface area contributed by atoms with Gasteiger partial charge in [0.1, 0.15) is 6.29 Å². The van der Waals surface area contributed by atoms with Gasteiger partial charge in [-0.2, -0.15) is 13.2 Å². The first-order valence-electron chi connectivity index (χ1n) is 6.72. The Balaban J connectivity index is 2.42. The second-order valence-electron chi connectivity index (χ2n) is 4.95. The number of sulfonamides is 1. The van der Waals surface area contributed by atoms with Crippen molar-refractivity contribution in [2.24, 2.45) is 0 Å². The lowest BCUT2D eigenvalue weighted by molar-refractivity contribution is -0.106. The molecule has 1 aromatic carbocycles. The van der Waals surface area contributed by atoms with Crippen LogP contribution in [-0.4, -0.2) is 31.6 Å². The summed E-state index contributed by atoms with van der Waals surface area (Å²) in [6.45, 7) is -0.299. The first kappa shape index (κ1) is 17.9. The fourth-order valence-electron chi connectivity index (χ4n) is 2.01. The number of aldehydes is 1. The van der Waals surface area contributed by atoms with Gasteiger partial charge in [-0.3, -0.25) is 14.1 Å². The van der Waals surface area contributed by atoms with Gasteiger partial charge in [0.15, 0.2) is 5.75 Å². The highest BCUT2D eigenvalue weighted by molar-refractivity contribution is 7.92. The van der Waals surface area contributed by atoms with Gasteiger partial charge in [0.2, 0.25) is 10.0 Å². The smallest absolute Gasteiger partial charge is 0.298 e. The molecule has 1 aromatic heterocycles. The number of carbonyl (C=O) groups is 1. The summed E-state index contributed by atoms with van der Waals surface area (Å²) < 4.78 is 63.0. The minimum absolute atomic E-state index is 0.0358. The molecular formula is C15H13F3N2O3S. The third kappa shape index (κ3) is 4.79. The van der Waals surface area contributed by atoms with Gasteiger partial charge in [0.05, 0.1) is 12.2 Å². The lowest BCUT2D eigenvalue weighted by Crippen LogP contribution is -2.37. The van der Waals surface area contributed by atoms with Gasteiger partial charge in [0.25, 0.3) is 0 Å². The zero-order valence-electron chi connectivity index (χ0n) is 12.3. The molecule has 0 radical (unpaired) electrons. The van der Waals surface area contributed by atoms with E-state index in [-0.39, 0.29) is 17.8 Å². The number of benzene rings is 1. The average Bonchev–Trinajstić information content (AvgIpc) is 2.51. The maximum atomic E-state index is 12.6. The van der Waals surface area contributed by atoms with E-state index in [1.165, 1.54) is 36.7 Å². The molecule has 24 heavy (non-hydrogen) atoms. The maximum absolute atomic E-state index is 12.6. The highest BCUT2D eigenvalue weighted by atomic mass is 32.2. The second kappa shape index (κ2) is 7.00. The van der Waals surface area contributed by atoms with Crippen molar-refractivity contribution in [3.63, 3.8) is 0 Å². The topological polar surface area (TPSA) is 67.3 Å². The van der Waals surface area contributed by atoms with Gasteiger partial charge in [-0.25, -0.2) is 8.42 Å². The summed E-state index contributed by atoms with van der Waals surface area (Å²) in [7, 11) is -4.66. The largest absolute Gasteiger partial charge is 0.404 e. The van der Waals surface area contributed by atoms with E-state index >= 15 is 0 Å². The monoisotopic (exact) mass is 358 g/mol. The van der Waals surface area contributed by atoms with Crippen molar-refractivity contribution in [3.8, 4) is 0 Å². The van der Waals surface area contributed by atoms with Crippen molar-refractivity contribution in [1.82, 2.24) is 4.98 Å². The lowest BCUT2D eigenvalue weighted by Gasteiger charge is -2.25. The molecule has 0 N–H and O–H groups in total. The highest BCUT2D eigenvalue weighted by Crippen LogP contribution is 2.26. The molecule has 128 valence electrons. The first-order valence-corrected chi connectivity index (χ1v) is 8.33. The zero-order valence-corrected chi connectivity index (χ0v) is 13.1. The first-order chi connectivity index (χ1) is 11.2.